The number of nitrogens with one attached hydrogen (secondary N) is 1. The summed E-state index contributed by atoms with van der Waals surface area (Å²) in [4.78, 5) is 29.0. The van der Waals surface area contributed by atoms with Crippen molar-refractivity contribution in [3.8, 4) is 5.75 Å². The van der Waals surface area contributed by atoms with Gasteiger partial charge in [-0.1, -0.05) is 67.4 Å². The van der Waals surface area contributed by atoms with Gasteiger partial charge in [0, 0.05) is 12.6 Å². The van der Waals surface area contributed by atoms with E-state index in [0.29, 0.717) is 12.2 Å². The highest BCUT2D eigenvalue weighted by Crippen LogP contribution is 2.33. The van der Waals surface area contributed by atoms with Crippen LogP contribution in [0, 0.1) is 6.92 Å². The summed E-state index contributed by atoms with van der Waals surface area (Å²) in [6.45, 7) is 3.31. The lowest BCUT2D eigenvalue weighted by Crippen LogP contribution is -2.53. The third kappa shape index (κ3) is 7.47. The normalized spacial score (nSPS) is 14.3. The second-order valence-electron chi connectivity index (χ2n) is 10.5. The SMILES string of the molecule is COc1ccc(C)cc1N(CC(=O)N(CCc1ccccc1)[C@H](C)C(=O)NC1CCCC1)S(=O)(=O)c1ccccc1. The van der Waals surface area contributed by atoms with Crippen molar-refractivity contribution in [2.24, 2.45) is 0 Å². The number of nitrogens with zero attached hydrogens (tertiary/aromatic N) is 2. The molecule has 41 heavy (non-hydrogen) atoms. The molecule has 8 nitrogen and oxygen atoms in total. The number of aryl methyl sites for hydroxylation is 1. The number of rotatable bonds is 12. The van der Waals surface area contributed by atoms with Crippen LogP contribution in [0.25, 0.3) is 0 Å². The summed E-state index contributed by atoms with van der Waals surface area (Å²) in [7, 11) is -2.70. The maximum Gasteiger partial charge on any atom is 0.264 e. The van der Waals surface area contributed by atoms with Crippen molar-refractivity contribution in [1.82, 2.24) is 10.2 Å². The molecular weight excluding hydrogens is 538 g/mol. The number of sulfonamides is 1. The molecule has 0 saturated heterocycles. The molecule has 0 spiro atoms. The van der Waals surface area contributed by atoms with E-state index in [1.807, 2.05) is 43.3 Å². The summed E-state index contributed by atoms with van der Waals surface area (Å²) in [6.07, 6.45) is 4.51. The molecule has 1 N–H and O–H groups in total. The molecule has 0 aromatic heterocycles. The van der Waals surface area contributed by atoms with E-state index in [4.69, 9.17) is 4.74 Å². The number of anilines is 1. The molecule has 0 radical (unpaired) electrons. The second-order valence-corrected chi connectivity index (χ2v) is 12.4. The zero-order valence-corrected chi connectivity index (χ0v) is 24.8. The van der Waals surface area contributed by atoms with Crippen LogP contribution >= 0.6 is 0 Å². The smallest absolute Gasteiger partial charge is 0.264 e. The van der Waals surface area contributed by atoms with Gasteiger partial charge in [-0.15, -0.1) is 0 Å². The van der Waals surface area contributed by atoms with E-state index in [1.54, 1.807) is 37.3 Å². The van der Waals surface area contributed by atoms with Gasteiger partial charge in [0.1, 0.15) is 18.3 Å². The minimum absolute atomic E-state index is 0.0548. The number of methoxy groups -OCH3 is 1. The molecule has 1 aliphatic carbocycles. The van der Waals surface area contributed by atoms with Gasteiger partial charge in [0.15, 0.2) is 0 Å². The van der Waals surface area contributed by atoms with Gasteiger partial charge in [0.05, 0.1) is 17.7 Å². The topological polar surface area (TPSA) is 96.0 Å². The Morgan fingerprint density at radius 3 is 2.24 bits per heavy atom. The van der Waals surface area contributed by atoms with Crippen LogP contribution in [-0.2, 0) is 26.0 Å². The Balaban J connectivity index is 1.69. The van der Waals surface area contributed by atoms with Crippen LogP contribution in [0.4, 0.5) is 5.69 Å². The van der Waals surface area contributed by atoms with Gasteiger partial charge in [-0.25, -0.2) is 8.42 Å². The Hall–Kier alpha value is -3.85. The molecule has 4 rings (SSSR count). The third-order valence-corrected chi connectivity index (χ3v) is 9.34. The molecule has 218 valence electrons. The van der Waals surface area contributed by atoms with Crippen molar-refractivity contribution in [1.29, 1.82) is 0 Å². The van der Waals surface area contributed by atoms with Gasteiger partial charge >= 0.3 is 0 Å². The Labute approximate surface area is 243 Å². The second kappa shape index (κ2) is 13.7. The van der Waals surface area contributed by atoms with Crippen molar-refractivity contribution in [3.05, 3.63) is 90.0 Å². The monoisotopic (exact) mass is 577 g/mol. The van der Waals surface area contributed by atoms with Crippen LogP contribution < -0.4 is 14.4 Å². The van der Waals surface area contributed by atoms with Crippen LogP contribution in [0.15, 0.2) is 83.8 Å². The summed E-state index contributed by atoms with van der Waals surface area (Å²) < 4.78 is 34.6. The maximum atomic E-state index is 14.1. The minimum Gasteiger partial charge on any atom is -0.495 e. The Morgan fingerprint density at radius 2 is 1.61 bits per heavy atom. The highest BCUT2D eigenvalue weighted by molar-refractivity contribution is 7.92. The van der Waals surface area contributed by atoms with E-state index in [9.17, 15) is 18.0 Å². The fourth-order valence-electron chi connectivity index (χ4n) is 5.19. The Morgan fingerprint density at radius 1 is 0.976 bits per heavy atom. The standard InChI is InChI=1S/C32H39N3O5S/c1-24-18-19-30(40-3)29(22-24)35(41(38,39)28-16-8-5-9-17-28)23-31(36)34(21-20-26-12-6-4-7-13-26)25(2)32(37)33-27-14-10-11-15-27/h4-9,12-13,16-19,22,25,27H,10-11,14-15,20-21,23H2,1-3H3,(H,33,37)/t25-/m1/s1. The van der Waals surface area contributed by atoms with Crippen molar-refractivity contribution < 1.29 is 22.7 Å². The van der Waals surface area contributed by atoms with E-state index in [1.165, 1.54) is 24.1 Å². The van der Waals surface area contributed by atoms with Gasteiger partial charge in [-0.3, -0.25) is 13.9 Å². The number of hydrogen-bond acceptors (Lipinski definition) is 5. The first-order valence-electron chi connectivity index (χ1n) is 14.1. The number of benzene rings is 3. The van der Waals surface area contributed by atoms with Crippen molar-refractivity contribution >= 4 is 27.5 Å². The van der Waals surface area contributed by atoms with Gasteiger partial charge in [0.2, 0.25) is 11.8 Å². The number of ether oxygens (including phenoxy) is 1. The molecule has 3 aromatic carbocycles. The molecule has 3 aromatic rings. The van der Waals surface area contributed by atoms with Crippen LogP contribution in [0.5, 0.6) is 5.75 Å². The summed E-state index contributed by atoms with van der Waals surface area (Å²) in [5.74, 6) is -0.382. The largest absolute Gasteiger partial charge is 0.495 e. The van der Waals surface area contributed by atoms with Gasteiger partial charge in [0.25, 0.3) is 10.0 Å². The van der Waals surface area contributed by atoms with Gasteiger partial charge < -0.3 is 15.0 Å². The minimum atomic E-state index is -4.16. The third-order valence-electron chi connectivity index (χ3n) is 7.57. The Bertz CT molecular complexity index is 1420. The molecule has 9 heteroatoms. The molecule has 2 amide bonds. The predicted molar refractivity (Wildman–Crippen MR) is 160 cm³/mol. The molecule has 0 heterocycles. The lowest BCUT2D eigenvalue weighted by atomic mass is 10.1. The number of carbonyl (C=O) groups is 2. The summed E-state index contributed by atoms with van der Waals surface area (Å²) in [5.41, 5.74) is 2.09. The van der Waals surface area contributed by atoms with E-state index >= 15 is 0 Å². The average molecular weight is 578 g/mol. The lowest BCUT2D eigenvalue weighted by molar-refractivity contribution is -0.139. The van der Waals surface area contributed by atoms with Gasteiger partial charge in [-0.2, -0.15) is 0 Å². The van der Waals surface area contributed by atoms with Crippen molar-refractivity contribution in [2.45, 2.75) is 62.9 Å². The zero-order valence-electron chi connectivity index (χ0n) is 24.0. The first-order chi connectivity index (χ1) is 19.7. The fourth-order valence-corrected chi connectivity index (χ4v) is 6.63. The van der Waals surface area contributed by atoms with E-state index < -0.39 is 28.5 Å². The highest BCUT2D eigenvalue weighted by Gasteiger charge is 2.34. The summed E-state index contributed by atoms with van der Waals surface area (Å²) >= 11 is 0. The van der Waals surface area contributed by atoms with Crippen molar-refractivity contribution in [2.75, 3.05) is 24.5 Å². The van der Waals surface area contributed by atoms with E-state index in [-0.39, 0.29) is 29.1 Å². The first kappa shape index (κ1) is 30.1. The summed E-state index contributed by atoms with van der Waals surface area (Å²) in [6, 6.07) is 22.2. The molecule has 0 unspecified atom stereocenters. The van der Waals surface area contributed by atoms with Crippen LogP contribution in [0.1, 0.15) is 43.7 Å². The molecule has 1 aliphatic rings. The van der Waals surface area contributed by atoms with E-state index in [2.05, 4.69) is 5.32 Å². The van der Waals surface area contributed by atoms with Gasteiger partial charge in [-0.05, 0) is 68.5 Å². The Kier molecular flexibility index (Phi) is 10.0. The first-order valence-corrected chi connectivity index (χ1v) is 15.5. The quantitative estimate of drug-likeness (QED) is 0.336. The van der Waals surface area contributed by atoms with Crippen LogP contribution in [-0.4, -0.2) is 57.4 Å². The molecule has 0 aliphatic heterocycles. The van der Waals surface area contributed by atoms with Crippen LogP contribution in [0.2, 0.25) is 0 Å². The zero-order chi connectivity index (χ0) is 29.4. The number of hydrogen-bond donors (Lipinski definition) is 1. The molecule has 0 bridgehead atoms. The molecule has 1 atom stereocenters. The maximum absolute atomic E-state index is 14.1. The number of carbonyl (C=O) groups excluding carboxylic acids is 2. The fraction of sp³-hybridized carbons (Fsp3) is 0.375. The lowest BCUT2D eigenvalue weighted by Gasteiger charge is -2.33. The molecule has 1 saturated carbocycles. The number of amides is 2. The molecular formula is C32H39N3O5S. The van der Waals surface area contributed by atoms with E-state index in [0.717, 1.165) is 41.1 Å². The molecule has 1 fully saturated rings. The summed E-state index contributed by atoms with van der Waals surface area (Å²) in [5, 5.41) is 3.09. The highest BCUT2D eigenvalue weighted by atomic mass is 32.2. The average Bonchev–Trinajstić information content (AvgIpc) is 3.50. The predicted octanol–water partition coefficient (Wildman–Crippen LogP) is 4.72. The van der Waals surface area contributed by atoms with Crippen molar-refractivity contribution in [3.63, 3.8) is 0 Å². The van der Waals surface area contributed by atoms with Crippen LogP contribution in [0.3, 0.4) is 0 Å².